The summed E-state index contributed by atoms with van der Waals surface area (Å²) in [4.78, 5) is 6.74. The topological polar surface area (TPSA) is 35.8 Å². The first-order valence-corrected chi connectivity index (χ1v) is 9.42. The second kappa shape index (κ2) is 13.8. The maximum atomic E-state index is 9.01. The van der Waals surface area contributed by atoms with Crippen LogP contribution in [0.2, 0.25) is 0 Å². The second-order valence-corrected chi connectivity index (χ2v) is 6.28. The van der Waals surface area contributed by atoms with E-state index in [0.717, 1.165) is 32.5 Å². The van der Waals surface area contributed by atoms with Gasteiger partial charge in [0.25, 0.3) is 0 Å². The third-order valence-corrected chi connectivity index (χ3v) is 4.32. The monoisotopic (exact) mass is 308 g/mol. The van der Waals surface area contributed by atoms with E-state index in [4.69, 9.17) is 5.11 Å². The summed E-state index contributed by atoms with van der Waals surface area (Å²) in [6.07, 6.45) is 19.1. The number of hydrogen-bond acceptors (Lipinski definition) is 3. The molecule has 22 heavy (non-hydrogen) atoms. The molecule has 0 aromatic rings. The summed E-state index contributed by atoms with van der Waals surface area (Å²) in [6.45, 7) is 5.12. The minimum atomic E-state index is 0.229. The number of aliphatic hydroxyl groups excluding tert-OH is 1. The predicted molar refractivity (Wildman–Crippen MR) is 96.6 cm³/mol. The molecule has 1 N–H and O–H groups in total. The molecule has 3 nitrogen and oxygen atoms in total. The molecule has 0 aromatic heterocycles. The highest BCUT2D eigenvalue weighted by Gasteiger charge is 2.14. The van der Waals surface area contributed by atoms with Crippen LogP contribution in [0.25, 0.3) is 0 Å². The van der Waals surface area contributed by atoms with Crippen LogP contribution in [0.1, 0.15) is 77.6 Å². The molecule has 0 aliphatic carbocycles. The van der Waals surface area contributed by atoms with Gasteiger partial charge in [0.05, 0.1) is 19.0 Å². The van der Waals surface area contributed by atoms with Gasteiger partial charge in [-0.2, -0.15) is 0 Å². The van der Waals surface area contributed by atoms with Gasteiger partial charge < -0.3 is 10.0 Å². The van der Waals surface area contributed by atoms with E-state index in [1.165, 1.54) is 63.6 Å². The van der Waals surface area contributed by atoms with Gasteiger partial charge in [-0.1, -0.05) is 64.0 Å². The fourth-order valence-corrected chi connectivity index (χ4v) is 2.97. The summed E-state index contributed by atoms with van der Waals surface area (Å²) >= 11 is 0. The highest BCUT2D eigenvalue weighted by Crippen LogP contribution is 2.11. The largest absolute Gasteiger partial charge is 0.395 e. The molecule has 1 heterocycles. The van der Waals surface area contributed by atoms with Gasteiger partial charge in [-0.15, -0.1) is 0 Å². The predicted octanol–water partition coefficient (Wildman–Crippen LogP) is 4.56. The van der Waals surface area contributed by atoms with Crippen LogP contribution in [0.4, 0.5) is 0 Å². The Labute approximate surface area is 137 Å². The molecule has 1 aliphatic rings. The maximum Gasteiger partial charge on any atom is 0.0994 e. The molecule has 0 aromatic carbocycles. The number of unbranched alkanes of at least 4 members (excludes halogenated alkanes) is 8. The number of aliphatic hydroxyl groups is 1. The molecule has 0 amide bonds. The van der Waals surface area contributed by atoms with Crippen molar-refractivity contribution in [2.45, 2.75) is 77.6 Å². The molecule has 0 unspecified atom stereocenters. The SMILES string of the molecule is CCCCCCCCCC/C=C/CCC1=NCCN1CCO. The standard InChI is InChI=1S/C19H36N2O/c1-2-3-4-5-6-7-8-9-10-11-12-13-14-19-20-15-16-21(19)17-18-22/h11-12,22H,2-10,13-18H2,1H3/b12-11+. The van der Waals surface area contributed by atoms with Crippen molar-refractivity contribution in [2.75, 3.05) is 26.2 Å². The molecule has 128 valence electrons. The summed E-state index contributed by atoms with van der Waals surface area (Å²) in [6, 6.07) is 0. The van der Waals surface area contributed by atoms with Crippen LogP contribution >= 0.6 is 0 Å². The Hall–Kier alpha value is -0.830. The number of amidine groups is 1. The van der Waals surface area contributed by atoms with Crippen molar-refractivity contribution in [3.05, 3.63) is 12.2 Å². The Kier molecular flexibility index (Phi) is 12.1. The lowest BCUT2D eigenvalue weighted by Gasteiger charge is -2.18. The van der Waals surface area contributed by atoms with Gasteiger partial charge in [0.2, 0.25) is 0 Å². The van der Waals surface area contributed by atoms with E-state index in [0.29, 0.717) is 0 Å². The van der Waals surface area contributed by atoms with Crippen molar-refractivity contribution >= 4 is 5.84 Å². The van der Waals surface area contributed by atoms with Gasteiger partial charge in [0.1, 0.15) is 0 Å². The average molecular weight is 309 g/mol. The minimum Gasteiger partial charge on any atom is -0.395 e. The first kappa shape index (κ1) is 19.2. The molecule has 1 aliphatic heterocycles. The van der Waals surface area contributed by atoms with Crippen molar-refractivity contribution in [1.29, 1.82) is 0 Å². The zero-order valence-electron chi connectivity index (χ0n) is 14.6. The Balaban J connectivity index is 1.90. The highest BCUT2D eigenvalue weighted by atomic mass is 16.3. The lowest BCUT2D eigenvalue weighted by Crippen LogP contribution is -2.30. The quantitative estimate of drug-likeness (QED) is 0.377. The van der Waals surface area contributed by atoms with Crippen LogP contribution in [0, 0.1) is 0 Å². The summed E-state index contributed by atoms with van der Waals surface area (Å²) in [7, 11) is 0. The first-order valence-electron chi connectivity index (χ1n) is 9.42. The minimum absolute atomic E-state index is 0.229. The molecule has 0 saturated heterocycles. The third kappa shape index (κ3) is 9.24. The van der Waals surface area contributed by atoms with Crippen LogP contribution < -0.4 is 0 Å². The van der Waals surface area contributed by atoms with E-state index in [-0.39, 0.29) is 6.61 Å². The number of β-amino-alcohol motifs (C(OH)–C–C–N with tert-alkyl or cyclic N) is 1. The van der Waals surface area contributed by atoms with Gasteiger partial charge in [-0.05, 0) is 19.3 Å². The number of aliphatic imine (C=N–C) groups is 1. The maximum absolute atomic E-state index is 9.01. The number of rotatable bonds is 14. The van der Waals surface area contributed by atoms with Crippen molar-refractivity contribution in [1.82, 2.24) is 4.90 Å². The smallest absolute Gasteiger partial charge is 0.0994 e. The first-order chi connectivity index (χ1) is 10.9. The van der Waals surface area contributed by atoms with Gasteiger partial charge in [0, 0.05) is 19.5 Å². The Morgan fingerprint density at radius 1 is 1.00 bits per heavy atom. The summed E-state index contributed by atoms with van der Waals surface area (Å²) in [5, 5.41) is 9.01. The van der Waals surface area contributed by atoms with Gasteiger partial charge >= 0.3 is 0 Å². The van der Waals surface area contributed by atoms with Crippen molar-refractivity contribution < 1.29 is 5.11 Å². The Bertz CT molecular complexity index is 313. The molecule has 1 rings (SSSR count). The molecule has 3 heteroatoms. The number of hydrogen-bond donors (Lipinski definition) is 1. The van der Waals surface area contributed by atoms with Crippen LogP contribution in [0.3, 0.4) is 0 Å². The zero-order chi connectivity index (χ0) is 15.9. The van der Waals surface area contributed by atoms with Crippen LogP contribution in [0.15, 0.2) is 17.1 Å². The van der Waals surface area contributed by atoms with Gasteiger partial charge in [-0.25, -0.2) is 0 Å². The second-order valence-electron chi connectivity index (χ2n) is 6.28. The van der Waals surface area contributed by atoms with Crippen LogP contribution in [0.5, 0.6) is 0 Å². The molecule has 0 fully saturated rings. The van der Waals surface area contributed by atoms with Crippen LogP contribution in [-0.2, 0) is 0 Å². The normalized spacial score (nSPS) is 15.0. The summed E-state index contributed by atoms with van der Waals surface area (Å²) < 4.78 is 0. The molecule has 0 saturated carbocycles. The fourth-order valence-electron chi connectivity index (χ4n) is 2.97. The summed E-state index contributed by atoms with van der Waals surface area (Å²) in [5.74, 6) is 1.19. The molecular formula is C19H36N2O. The molecule has 0 spiro atoms. The Morgan fingerprint density at radius 2 is 1.68 bits per heavy atom. The molecular weight excluding hydrogens is 272 g/mol. The molecule has 0 bridgehead atoms. The van der Waals surface area contributed by atoms with E-state index in [9.17, 15) is 0 Å². The lowest BCUT2D eigenvalue weighted by atomic mass is 10.1. The van der Waals surface area contributed by atoms with E-state index in [2.05, 4.69) is 29.0 Å². The van der Waals surface area contributed by atoms with Crippen molar-refractivity contribution in [2.24, 2.45) is 4.99 Å². The highest BCUT2D eigenvalue weighted by molar-refractivity contribution is 5.83. The van der Waals surface area contributed by atoms with E-state index in [1.807, 2.05) is 0 Å². The van der Waals surface area contributed by atoms with Crippen molar-refractivity contribution in [3.8, 4) is 0 Å². The fraction of sp³-hybridized carbons (Fsp3) is 0.842. The van der Waals surface area contributed by atoms with Crippen LogP contribution in [-0.4, -0.2) is 42.1 Å². The lowest BCUT2D eigenvalue weighted by molar-refractivity contribution is 0.255. The molecule has 0 atom stereocenters. The third-order valence-electron chi connectivity index (χ3n) is 4.32. The summed E-state index contributed by atoms with van der Waals surface area (Å²) in [5.41, 5.74) is 0. The van der Waals surface area contributed by atoms with E-state index in [1.54, 1.807) is 0 Å². The van der Waals surface area contributed by atoms with Gasteiger partial charge in [-0.3, -0.25) is 4.99 Å². The molecule has 0 radical (unpaired) electrons. The van der Waals surface area contributed by atoms with Gasteiger partial charge in [0.15, 0.2) is 0 Å². The number of allylic oxidation sites excluding steroid dienone is 2. The zero-order valence-corrected chi connectivity index (χ0v) is 14.6. The van der Waals surface area contributed by atoms with Crippen molar-refractivity contribution in [3.63, 3.8) is 0 Å². The van der Waals surface area contributed by atoms with E-state index >= 15 is 0 Å². The Morgan fingerprint density at radius 3 is 2.41 bits per heavy atom. The average Bonchev–Trinajstić information content (AvgIpc) is 2.96. The van der Waals surface area contributed by atoms with E-state index < -0.39 is 0 Å². The number of nitrogens with zero attached hydrogens (tertiary/aromatic N) is 2.